The molecule has 1 aromatic carbocycles. The Kier molecular flexibility index (Phi) is 4.08. The molecule has 0 unspecified atom stereocenters. The van der Waals surface area contributed by atoms with Crippen molar-refractivity contribution >= 4 is 21.7 Å². The Bertz CT molecular complexity index is 723. The molecule has 0 saturated heterocycles. The van der Waals surface area contributed by atoms with Gasteiger partial charge >= 0.3 is 0 Å². The Hall–Kier alpha value is -1.89. The fourth-order valence-electron chi connectivity index (χ4n) is 1.66. The Morgan fingerprint density at radius 1 is 1.35 bits per heavy atom. The number of aryl methyl sites for hydroxylation is 1. The molecule has 2 aromatic rings. The summed E-state index contributed by atoms with van der Waals surface area (Å²) in [5.74, 6) is -2.75. The van der Waals surface area contributed by atoms with E-state index in [-0.39, 0.29) is 4.47 Å². The first-order chi connectivity index (χ1) is 9.41. The first kappa shape index (κ1) is 14.5. The number of rotatable bonds is 3. The van der Waals surface area contributed by atoms with Gasteiger partial charge in [0.05, 0.1) is 24.1 Å². The van der Waals surface area contributed by atoms with Gasteiger partial charge in [0.15, 0.2) is 5.78 Å². The van der Waals surface area contributed by atoms with E-state index in [2.05, 4.69) is 20.9 Å². The number of carbonyl (C=O) groups excluding carboxylic acids is 1. The zero-order chi connectivity index (χ0) is 14.9. The van der Waals surface area contributed by atoms with E-state index < -0.39 is 35.1 Å². The van der Waals surface area contributed by atoms with E-state index in [1.807, 2.05) is 0 Å². The average molecular weight is 343 g/mol. The topological polar surface area (TPSA) is 52.0 Å². The van der Waals surface area contributed by atoms with E-state index in [1.165, 1.54) is 6.33 Å². The largest absolute Gasteiger partial charge is 0.292 e. The van der Waals surface area contributed by atoms with Gasteiger partial charge in [-0.05, 0) is 35.0 Å². The van der Waals surface area contributed by atoms with Crippen LogP contribution in [0, 0.1) is 18.6 Å². The molecular formula is C13H9BrF2N2O2. The first-order valence-electron chi connectivity index (χ1n) is 5.60. The molecule has 0 bridgehead atoms. The van der Waals surface area contributed by atoms with Gasteiger partial charge in [-0.1, -0.05) is 6.07 Å². The lowest BCUT2D eigenvalue weighted by Crippen LogP contribution is -2.26. The molecule has 0 radical (unpaired) electrons. The maximum atomic E-state index is 13.5. The lowest BCUT2D eigenvalue weighted by molar-refractivity contribution is 0.0962. The van der Waals surface area contributed by atoms with Crippen LogP contribution in [0.5, 0.6) is 0 Å². The maximum absolute atomic E-state index is 13.5. The number of halogens is 3. The monoisotopic (exact) mass is 342 g/mol. The summed E-state index contributed by atoms with van der Waals surface area (Å²) in [5, 5.41) is 0. The van der Waals surface area contributed by atoms with Crippen molar-refractivity contribution in [1.29, 1.82) is 0 Å². The number of ketones is 1. The predicted molar refractivity (Wildman–Crippen MR) is 71.6 cm³/mol. The van der Waals surface area contributed by atoms with E-state index >= 15 is 0 Å². The van der Waals surface area contributed by atoms with Crippen LogP contribution >= 0.6 is 15.9 Å². The minimum atomic E-state index is -0.956. The number of hydrogen-bond acceptors (Lipinski definition) is 3. The predicted octanol–water partition coefficient (Wildman–Crippen LogP) is 2.48. The molecule has 20 heavy (non-hydrogen) atoms. The van der Waals surface area contributed by atoms with Crippen molar-refractivity contribution in [2.75, 3.05) is 0 Å². The fraction of sp³-hybridized carbons (Fsp3) is 0.154. The van der Waals surface area contributed by atoms with Gasteiger partial charge in [-0.3, -0.25) is 14.2 Å². The van der Waals surface area contributed by atoms with E-state index in [0.717, 1.165) is 22.8 Å². The number of hydrogen-bond donors (Lipinski definition) is 0. The van der Waals surface area contributed by atoms with Crippen LogP contribution in [0.4, 0.5) is 8.78 Å². The minimum absolute atomic E-state index is 0.210. The van der Waals surface area contributed by atoms with Crippen LogP contribution in [0.15, 0.2) is 33.8 Å². The van der Waals surface area contributed by atoms with Gasteiger partial charge in [-0.25, -0.2) is 13.8 Å². The zero-order valence-corrected chi connectivity index (χ0v) is 11.9. The van der Waals surface area contributed by atoms with Crippen molar-refractivity contribution in [3.63, 3.8) is 0 Å². The second-order valence-electron chi connectivity index (χ2n) is 4.10. The summed E-state index contributed by atoms with van der Waals surface area (Å²) in [6, 6.07) is 3.14. The van der Waals surface area contributed by atoms with Crippen LogP contribution in [0.3, 0.4) is 0 Å². The molecule has 1 heterocycles. The van der Waals surface area contributed by atoms with Crippen molar-refractivity contribution in [3.8, 4) is 0 Å². The smallest absolute Gasteiger partial charge is 0.268 e. The Morgan fingerprint density at radius 3 is 2.55 bits per heavy atom. The standard InChI is InChI=1S/C13H9BrF2N2O2/c1-7-12(14)13(20)18(6-17-7)5-10(19)11-8(15)3-2-4-9(11)16/h2-4,6H,5H2,1H3. The van der Waals surface area contributed by atoms with Crippen LogP contribution in [0.2, 0.25) is 0 Å². The fourth-order valence-corrected chi connectivity index (χ4v) is 1.99. The van der Waals surface area contributed by atoms with E-state index in [1.54, 1.807) is 6.92 Å². The number of Topliss-reactive ketones (excluding diaryl/α,β-unsaturated/α-hetero) is 1. The van der Waals surface area contributed by atoms with Crippen molar-refractivity contribution in [2.24, 2.45) is 0 Å². The zero-order valence-electron chi connectivity index (χ0n) is 10.4. The highest BCUT2D eigenvalue weighted by atomic mass is 79.9. The molecule has 2 rings (SSSR count). The van der Waals surface area contributed by atoms with Crippen molar-refractivity contribution < 1.29 is 13.6 Å². The summed E-state index contributed by atoms with van der Waals surface area (Å²) in [7, 11) is 0. The molecule has 0 atom stereocenters. The Morgan fingerprint density at radius 2 is 1.95 bits per heavy atom. The second-order valence-corrected chi connectivity index (χ2v) is 4.89. The van der Waals surface area contributed by atoms with Crippen LogP contribution < -0.4 is 5.56 Å². The first-order valence-corrected chi connectivity index (χ1v) is 6.40. The van der Waals surface area contributed by atoms with Gasteiger partial charge in [-0.15, -0.1) is 0 Å². The van der Waals surface area contributed by atoms with Crippen LogP contribution in [-0.4, -0.2) is 15.3 Å². The van der Waals surface area contributed by atoms with Crippen molar-refractivity contribution in [3.05, 3.63) is 62.2 Å². The highest BCUT2D eigenvalue weighted by Crippen LogP contribution is 2.13. The highest BCUT2D eigenvalue weighted by molar-refractivity contribution is 9.10. The molecule has 0 amide bonds. The molecule has 104 valence electrons. The third-order valence-electron chi connectivity index (χ3n) is 2.71. The number of nitrogens with zero attached hydrogens (tertiary/aromatic N) is 2. The molecule has 0 aliphatic carbocycles. The maximum Gasteiger partial charge on any atom is 0.268 e. The number of aromatic nitrogens is 2. The van der Waals surface area contributed by atoms with Crippen molar-refractivity contribution in [1.82, 2.24) is 9.55 Å². The molecule has 0 spiro atoms. The minimum Gasteiger partial charge on any atom is -0.292 e. The SMILES string of the molecule is Cc1ncn(CC(=O)c2c(F)cccc2F)c(=O)c1Br. The Labute approximate surface area is 121 Å². The quantitative estimate of drug-likeness (QED) is 0.805. The van der Waals surface area contributed by atoms with E-state index in [0.29, 0.717) is 5.69 Å². The van der Waals surface area contributed by atoms with Gasteiger partial charge in [0.1, 0.15) is 16.1 Å². The van der Waals surface area contributed by atoms with Crippen LogP contribution in [0.1, 0.15) is 16.1 Å². The molecule has 0 N–H and O–H groups in total. The third kappa shape index (κ3) is 2.67. The summed E-state index contributed by atoms with van der Waals surface area (Å²) < 4.78 is 28.2. The molecule has 1 aromatic heterocycles. The highest BCUT2D eigenvalue weighted by Gasteiger charge is 2.18. The van der Waals surface area contributed by atoms with E-state index in [4.69, 9.17) is 0 Å². The average Bonchev–Trinajstić information content (AvgIpc) is 2.39. The molecule has 0 saturated carbocycles. The van der Waals surface area contributed by atoms with Gasteiger partial charge < -0.3 is 0 Å². The van der Waals surface area contributed by atoms with Gasteiger partial charge in [0.2, 0.25) is 0 Å². The molecule has 0 aliphatic rings. The van der Waals surface area contributed by atoms with Gasteiger partial charge in [0.25, 0.3) is 5.56 Å². The van der Waals surface area contributed by atoms with Gasteiger partial charge in [-0.2, -0.15) is 0 Å². The molecule has 4 nitrogen and oxygen atoms in total. The number of carbonyl (C=O) groups is 1. The number of benzene rings is 1. The Balaban J connectivity index is 2.39. The molecule has 0 aliphatic heterocycles. The summed E-state index contributed by atoms with van der Waals surface area (Å²) in [6.07, 6.45) is 1.17. The summed E-state index contributed by atoms with van der Waals surface area (Å²) in [4.78, 5) is 27.7. The van der Waals surface area contributed by atoms with Crippen LogP contribution in [-0.2, 0) is 6.54 Å². The summed E-state index contributed by atoms with van der Waals surface area (Å²) >= 11 is 3.05. The second kappa shape index (κ2) is 5.62. The lowest BCUT2D eigenvalue weighted by atomic mass is 10.1. The molecular weight excluding hydrogens is 334 g/mol. The van der Waals surface area contributed by atoms with Gasteiger partial charge in [0, 0.05) is 0 Å². The van der Waals surface area contributed by atoms with Crippen molar-refractivity contribution in [2.45, 2.75) is 13.5 Å². The molecule has 0 fully saturated rings. The van der Waals surface area contributed by atoms with E-state index in [9.17, 15) is 18.4 Å². The third-order valence-corrected chi connectivity index (χ3v) is 3.63. The normalized spacial score (nSPS) is 10.6. The molecule has 7 heteroatoms. The lowest BCUT2D eigenvalue weighted by Gasteiger charge is -2.07. The summed E-state index contributed by atoms with van der Waals surface area (Å²) in [6.45, 7) is 1.14. The summed E-state index contributed by atoms with van der Waals surface area (Å²) in [5.41, 5.74) is -0.672. The van der Waals surface area contributed by atoms with Crippen LogP contribution in [0.25, 0.3) is 0 Å².